The summed E-state index contributed by atoms with van der Waals surface area (Å²) >= 11 is 0. The second-order valence-electron chi connectivity index (χ2n) is 12.8. The number of rotatable bonds is 35. The van der Waals surface area contributed by atoms with Crippen molar-refractivity contribution in [2.24, 2.45) is 5.73 Å². The van der Waals surface area contributed by atoms with E-state index < -0.39 is 11.2 Å². The van der Waals surface area contributed by atoms with E-state index in [1.807, 2.05) is 41.5 Å². The highest BCUT2D eigenvalue weighted by atomic mass is 35.5. The molecule has 0 spiro atoms. The maximum atomic E-state index is 11.7. The van der Waals surface area contributed by atoms with E-state index in [4.69, 9.17) is 57.8 Å². The lowest BCUT2D eigenvalue weighted by atomic mass is 10.2. The first-order chi connectivity index (χ1) is 23.4. The first kappa shape index (κ1) is 50.9. The molecule has 0 rings (SSSR count). The van der Waals surface area contributed by atoms with Gasteiger partial charge < -0.3 is 57.8 Å². The van der Waals surface area contributed by atoms with Crippen LogP contribution >= 0.6 is 12.4 Å². The average Bonchev–Trinajstić information content (AvgIpc) is 3.01. The largest absolute Gasteiger partial charge is 0.460 e. The van der Waals surface area contributed by atoms with Gasteiger partial charge in [-0.25, -0.2) is 0 Å². The summed E-state index contributed by atoms with van der Waals surface area (Å²) in [6, 6.07) is 0. The van der Waals surface area contributed by atoms with E-state index in [2.05, 4.69) is 4.90 Å². The van der Waals surface area contributed by atoms with Crippen molar-refractivity contribution in [1.29, 1.82) is 0 Å². The van der Waals surface area contributed by atoms with Gasteiger partial charge in [-0.05, 0) is 41.5 Å². The fourth-order valence-electron chi connectivity index (χ4n) is 3.72. The van der Waals surface area contributed by atoms with Gasteiger partial charge in [-0.1, -0.05) is 0 Å². The molecule has 0 unspecified atom stereocenters. The molecule has 16 heteroatoms. The van der Waals surface area contributed by atoms with Gasteiger partial charge in [0.25, 0.3) is 0 Å². The third-order valence-electron chi connectivity index (χ3n) is 5.89. The van der Waals surface area contributed by atoms with E-state index in [0.717, 1.165) is 6.54 Å². The number of hydrogen-bond acceptors (Lipinski definition) is 15. The Hall–Kier alpha value is -1.21. The van der Waals surface area contributed by atoms with Crippen molar-refractivity contribution in [2.75, 3.05) is 145 Å². The van der Waals surface area contributed by atoms with Gasteiger partial charge in [0, 0.05) is 26.2 Å². The second-order valence-corrected chi connectivity index (χ2v) is 12.8. The molecule has 0 bridgehead atoms. The monoisotopic (exact) mass is 748 g/mol. The Balaban J connectivity index is 0. The normalized spacial score (nSPS) is 11.9. The Kier molecular flexibility index (Phi) is 35.5. The van der Waals surface area contributed by atoms with E-state index in [-0.39, 0.29) is 37.2 Å². The fraction of sp³-hybridized carbons (Fsp3) is 0.941. The average molecular weight is 749 g/mol. The Bertz CT molecular complexity index is 720. The van der Waals surface area contributed by atoms with Crippen LogP contribution in [0.15, 0.2) is 0 Å². The minimum absolute atomic E-state index is 0. The summed E-state index contributed by atoms with van der Waals surface area (Å²) < 4.78 is 60.5. The van der Waals surface area contributed by atoms with Gasteiger partial charge >= 0.3 is 11.9 Å². The summed E-state index contributed by atoms with van der Waals surface area (Å²) in [5.74, 6) is -0.548. The molecule has 0 saturated carbocycles. The highest BCUT2D eigenvalue weighted by molar-refractivity contribution is 5.85. The Morgan fingerprint density at radius 2 is 0.660 bits per heavy atom. The Morgan fingerprint density at radius 3 is 0.920 bits per heavy atom. The summed E-state index contributed by atoms with van der Waals surface area (Å²) in [6.45, 7) is 22.0. The molecule has 0 saturated heterocycles. The zero-order valence-corrected chi connectivity index (χ0v) is 32.5. The molecule has 15 nitrogen and oxygen atoms in total. The smallest absolute Gasteiger partial charge is 0.308 e. The number of carbonyl (C=O) groups excluding carboxylic acids is 2. The summed E-state index contributed by atoms with van der Waals surface area (Å²) in [6.07, 6.45) is 0.434. The van der Waals surface area contributed by atoms with Gasteiger partial charge in [0.1, 0.15) is 11.2 Å². The minimum Gasteiger partial charge on any atom is -0.460 e. The molecule has 0 heterocycles. The summed E-state index contributed by atoms with van der Waals surface area (Å²) in [5.41, 5.74) is 4.41. The third-order valence-corrected chi connectivity index (χ3v) is 5.89. The number of halogens is 1. The summed E-state index contributed by atoms with van der Waals surface area (Å²) in [5, 5.41) is 0. The van der Waals surface area contributed by atoms with Crippen molar-refractivity contribution in [3.05, 3.63) is 0 Å². The van der Waals surface area contributed by atoms with Crippen LogP contribution in [-0.2, 0) is 61.7 Å². The molecule has 50 heavy (non-hydrogen) atoms. The highest BCUT2D eigenvalue weighted by Crippen LogP contribution is 2.09. The molecular formula is C34H69ClN2O13. The third kappa shape index (κ3) is 41.2. The molecule has 0 aromatic carbocycles. The fourth-order valence-corrected chi connectivity index (χ4v) is 3.72. The zero-order valence-electron chi connectivity index (χ0n) is 31.7. The lowest BCUT2D eigenvalue weighted by molar-refractivity contribution is -0.157. The first-order valence-corrected chi connectivity index (χ1v) is 17.5. The molecule has 0 aliphatic carbocycles. The lowest BCUT2D eigenvalue weighted by Gasteiger charge is -2.22. The maximum absolute atomic E-state index is 11.7. The minimum atomic E-state index is -0.491. The van der Waals surface area contributed by atoms with E-state index in [0.29, 0.717) is 139 Å². The predicted octanol–water partition coefficient (Wildman–Crippen LogP) is 2.28. The standard InChI is InChI=1S/C34H68N2O13.ClH/c1-33(2,3)48-31(37)7-13-39-19-25-45-28-22-42-16-10-36(12-18-44-24-30-47-27-21-41-15-9-35)11-17-43-23-29-46-26-20-40-14-8-32(38)49-34(4,5)6;/h7-30,35H2,1-6H3;1H. The van der Waals surface area contributed by atoms with E-state index in [1.165, 1.54) is 0 Å². The highest BCUT2D eigenvalue weighted by Gasteiger charge is 2.16. The van der Waals surface area contributed by atoms with E-state index >= 15 is 0 Å². The molecule has 0 fully saturated rings. The number of carbonyl (C=O) groups is 2. The molecule has 0 aliphatic heterocycles. The molecular weight excluding hydrogens is 680 g/mol. The van der Waals surface area contributed by atoms with Crippen LogP contribution in [0, 0.1) is 0 Å². The van der Waals surface area contributed by atoms with Crippen LogP contribution in [0.5, 0.6) is 0 Å². The van der Waals surface area contributed by atoms with Crippen molar-refractivity contribution in [3.8, 4) is 0 Å². The van der Waals surface area contributed by atoms with Crippen LogP contribution in [0.25, 0.3) is 0 Å². The van der Waals surface area contributed by atoms with Gasteiger partial charge in [0.2, 0.25) is 0 Å². The van der Waals surface area contributed by atoms with Crippen molar-refractivity contribution in [1.82, 2.24) is 4.90 Å². The van der Waals surface area contributed by atoms with Crippen molar-refractivity contribution >= 4 is 24.3 Å². The molecule has 0 aromatic heterocycles. The van der Waals surface area contributed by atoms with Gasteiger partial charge in [-0.15, -0.1) is 12.4 Å². The Morgan fingerprint density at radius 1 is 0.420 bits per heavy atom. The summed E-state index contributed by atoms with van der Waals surface area (Å²) in [4.78, 5) is 25.6. The number of hydrogen-bond donors (Lipinski definition) is 1. The van der Waals surface area contributed by atoms with Crippen LogP contribution in [-0.4, -0.2) is 173 Å². The van der Waals surface area contributed by atoms with Crippen LogP contribution in [0.4, 0.5) is 0 Å². The molecule has 0 radical (unpaired) electrons. The quantitative estimate of drug-likeness (QED) is 0.0741. The van der Waals surface area contributed by atoms with Crippen molar-refractivity contribution in [2.45, 2.75) is 65.6 Å². The predicted molar refractivity (Wildman–Crippen MR) is 191 cm³/mol. The van der Waals surface area contributed by atoms with Crippen LogP contribution in [0.2, 0.25) is 0 Å². The topological polar surface area (TPSA) is 165 Å². The van der Waals surface area contributed by atoms with Gasteiger partial charge in [-0.3, -0.25) is 14.5 Å². The zero-order chi connectivity index (χ0) is 36.5. The number of nitrogens with zero attached hydrogens (tertiary/aromatic N) is 1. The maximum Gasteiger partial charge on any atom is 0.308 e. The van der Waals surface area contributed by atoms with Gasteiger partial charge in [-0.2, -0.15) is 0 Å². The van der Waals surface area contributed by atoms with Crippen molar-refractivity contribution < 1.29 is 61.7 Å². The summed E-state index contributed by atoms with van der Waals surface area (Å²) in [7, 11) is 0. The lowest BCUT2D eigenvalue weighted by Crippen LogP contribution is -2.34. The number of ether oxygens (including phenoxy) is 11. The number of nitrogens with two attached hydrogens (primary N) is 1. The molecule has 0 aromatic rings. The Labute approximate surface area is 307 Å². The van der Waals surface area contributed by atoms with E-state index in [1.54, 1.807) is 0 Å². The van der Waals surface area contributed by atoms with Crippen molar-refractivity contribution in [3.63, 3.8) is 0 Å². The first-order valence-electron chi connectivity index (χ1n) is 17.5. The molecule has 0 aliphatic rings. The SMILES string of the molecule is CC(C)(C)OC(=O)CCOCCOCCOCCN(CCOCCOCCOCCN)CCOCCOCCOCCC(=O)OC(C)(C)C.Cl. The molecule has 0 atom stereocenters. The molecule has 0 amide bonds. The van der Waals surface area contributed by atoms with Crippen LogP contribution in [0.1, 0.15) is 54.4 Å². The molecule has 2 N–H and O–H groups in total. The van der Waals surface area contributed by atoms with E-state index in [9.17, 15) is 9.59 Å². The van der Waals surface area contributed by atoms with Crippen LogP contribution in [0.3, 0.4) is 0 Å². The molecule has 300 valence electrons. The van der Waals surface area contributed by atoms with Gasteiger partial charge in [0.05, 0.1) is 132 Å². The van der Waals surface area contributed by atoms with Crippen LogP contribution < -0.4 is 5.73 Å². The second kappa shape index (κ2) is 34.9. The number of esters is 2. The van der Waals surface area contributed by atoms with Gasteiger partial charge in [0.15, 0.2) is 0 Å².